The summed E-state index contributed by atoms with van der Waals surface area (Å²) in [5.41, 5.74) is 0. The third kappa shape index (κ3) is 1.56. The number of nitrogens with one attached hydrogen (secondary N) is 1. The van der Waals surface area contributed by atoms with Crippen LogP contribution in [-0.2, 0) is 11.3 Å². The first-order valence-electron chi connectivity index (χ1n) is 5.83. The zero-order valence-corrected chi connectivity index (χ0v) is 10.2. The third-order valence-electron chi connectivity index (χ3n) is 3.38. The van der Waals surface area contributed by atoms with Crippen molar-refractivity contribution in [2.75, 3.05) is 18.0 Å². The quantitative estimate of drug-likeness (QED) is 0.792. The molecule has 16 heavy (non-hydrogen) atoms. The first kappa shape index (κ1) is 10.3. The van der Waals surface area contributed by atoms with Crippen LogP contribution in [0.3, 0.4) is 0 Å². The minimum Gasteiger partial charge on any atom is -0.371 e. The van der Waals surface area contributed by atoms with E-state index in [9.17, 15) is 0 Å². The van der Waals surface area contributed by atoms with Crippen molar-refractivity contribution in [2.24, 2.45) is 0 Å². The van der Waals surface area contributed by atoms with Crippen molar-refractivity contribution < 1.29 is 4.74 Å². The van der Waals surface area contributed by atoms with E-state index in [1.54, 1.807) is 0 Å². The molecular weight excluding hydrogens is 224 g/mol. The van der Waals surface area contributed by atoms with Crippen LogP contribution in [0.5, 0.6) is 0 Å². The van der Waals surface area contributed by atoms with Gasteiger partial charge in [-0.3, -0.25) is 4.57 Å². The summed E-state index contributed by atoms with van der Waals surface area (Å²) in [7, 11) is 0. The molecule has 2 unspecified atom stereocenters. The Morgan fingerprint density at radius 2 is 2.12 bits per heavy atom. The molecule has 5 nitrogen and oxygen atoms in total. The van der Waals surface area contributed by atoms with Crippen molar-refractivity contribution in [2.45, 2.75) is 38.5 Å². The van der Waals surface area contributed by atoms with E-state index in [0.29, 0.717) is 17.0 Å². The second-order valence-electron chi connectivity index (χ2n) is 4.44. The van der Waals surface area contributed by atoms with Crippen LogP contribution in [-0.4, -0.2) is 40.1 Å². The van der Waals surface area contributed by atoms with Crippen molar-refractivity contribution in [3.05, 3.63) is 4.77 Å². The number of aromatic amines is 1. The Bertz CT molecular complexity index is 428. The van der Waals surface area contributed by atoms with Crippen LogP contribution in [0, 0.1) is 4.77 Å². The third-order valence-corrected chi connectivity index (χ3v) is 3.69. The van der Waals surface area contributed by atoms with E-state index >= 15 is 0 Å². The maximum atomic E-state index is 5.81. The lowest BCUT2D eigenvalue weighted by Gasteiger charge is -2.32. The van der Waals surface area contributed by atoms with Gasteiger partial charge in [-0.2, -0.15) is 0 Å². The molecule has 0 spiro atoms. The van der Waals surface area contributed by atoms with Gasteiger partial charge in [0.2, 0.25) is 5.95 Å². The Balaban J connectivity index is 1.89. The second kappa shape index (κ2) is 3.85. The average Bonchev–Trinajstić information content (AvgIpc) is 2.82. The van der Waals surface area contributed by atoms with Crippen LogP contribution in [0.15, 0.2) is 0 Å². The Labute approximate surface area is 99.4 Å². The van der Waals surface area contributed by atoms with Crippen molar-refractivity contribution in [3.63, 3.8) is 0 Å². The molecule has 1 aromatic heterocycles. The van der Waals surface area contributed by atoms with Gasteiger partial charge in [0, 0.05) is 19.6 Å². The molecule has 1 N–H and O–H groups in total. The van der Waals surface area contributed by atoms with E-state index in [1.807, 2.05) is 4.57 Å². The molecule has 2 aliphatic rings. The molecule has 2 aliphatic heterocycles. The largest absolute Gasteiger partial charge is 0.371 e. The van der Waals surface area contributed by atoms with Crippen molar-refractivity contribution in [3.8, 4) is 0 Å². The molecule has 6 heteroatoms. The molecule has 88 valence electrons. The highest BCUT2D eigenvalue weighted by Gasteiger charge is 2.35. The fourth-order valence-electron chi connectivity index (χ4n) is 2.61. The maximum absolute atomic E-state index is 5.81. The molecule has 0 saturated carbocycles. The molecule has 2 fully saturated rings. The topological polar surface area (TPSA) is 46.1 Å². The number of hydrogen-bond donors (Lipinski definition) is 1. The highest BCUT2D eigenvalue weighted by molar-refractivity contribution is 7.71. The molecule has 3 heterocycles. The summed E-state index contributed by atoms with van der Waals surface area (Å²) in [6.07, 6.45) is 3.13. The summed E-state index contributed by atoms with van der Waals surface area (Å²) in [5.74, 6) is 0.965. The first-order chi connectivity index (χ1) is 7.78. The molecule has 2 atom stereocenters. The number of aromatic nitrogens is 3. The van der Waals surface area contributed by atoms with Gasteiger partial charge in [0.25, 0.3) is 0 Å². The molecule has 2 saturated heterocycles. The number of morpholine rings is 1. The highest BCUT2D eigenvalue weighted by atomic mass is 32.1. The lowest BCUT2D eigenvalue weighted by atomic mass is 10.2. The fourth-order valence-corrected chi connectivity index (χ4v) is 2.87. The van der Waals surface area contributed by atoms with Gasteiger partial charge in [-0.15, -0.1) is 5.10 Å². The maximum Gasteiger partial charge on any atom is 0.225 e. The van der Waals surface area contributed by atoms with Gasteiger partial charge < -0.3 is 9.64 Å². The zero-order valence-electron chi connectivity index (χ0n) is 9.35. The van der Waals surface area contributed by atoms with Crippen LogP contribution in [0.1, 0.15) is 19.8 Å². The van der Waals surface area contributed by atoms with Gasteiger partial charge >= 0.3 is 0 Å². The second-order valence-corrected chi connectivity index (χ2v) is 4.82. The minimum atomic E-state index is 0.384. The summed E-state index contributed by atoms with van der Waals surface area (Å²) < 4.78 is 8.56. The Morgan fingerprint density at radius 3 is 2.75 bits per heavy atom. The van der Waals surface area contributed by atoms with Crippen molar-refractivity contribution in [1.82, 2.24) is 14.8 Å². The summed E-state index contributed by atoms with van der Waals surface area (Å²) in [4.78, 5) is 2.29. The monoisotopic (exact) mass is 240 g/mol. The molecule has 0 amide bonds. The Kier molecular flexibility index (Phi) is 2.48. The van der Waals surface area contributed by atoms with Gasteiger partial charge in [0.05, 0.1) is 12.2 Å². The Hall–Kier alpha value is -0.880. The molecule has 0 radical (unpaired) electrons. The zero-order chi connectivity index (χ0) is 11.1. The number of fused-ring (bicyclic) bond motifs is 2. The van der Waals surface area contributed by atoms with E-state index in [-0.39, 0.29) is 0 Å². The van der Waals surface area contributed by atoms with E-state index in [4.69, 9.17) is 17.0 Å². The summed E-state index contributed by atoms with van der Waals surface area (Å²) >= 11 is 5.20. The van der Waals surface area contributed by atoms with Gasteiger partial charge in [0.1, 0.15) is 0 Å². The molecule has 3 rings (SSSR count). The highest BCUT2D eigenvalue weighted by Crippen LogP contribution is 2.28. The smallest absolute Gasteiger partial charge is 0.225 e. The normalized spacial score (nSPS) is 28.7. The standard InChI is InChI=1S/C10H16N4OS/c1-2-14-9(11-12-10(14)16)13-5-7-3-4-8(6-13)15-7/h7-8H,2-6H2,1H3,(H,12,16). The molecule has 0 aliphatic carbocycles. The number of nitrogens with zero attached hydrogens (tertiary/aromatic N) is 3. The van der Waals surface area contributed by atoms with Crippen molar-refractivity contribution in [1.29, 1.82) is 0 Å². The summed E-state index contributed by atoms with van der Waals surface area (Å²) in [6.45, 7) is 4.83. The first-order valence-corrected chi connectivity index (χ1v) is 6.24. The predicted octanol–water partition coefficient (Wildman–Crippen LogP) is 1.33. The number of rotatable bonds is 2. The summed E-state index contributed by atoms with van der Waals surface area (Å²) in [5, 5.41) is 7.19. The lowest BCUT2D eigenvalue weighted by Crippen LogP contribution is -2.43. The summed E-state index contributed by atoms with van der Waals surface area (Å²) in [6, 6.07) is 0. The molecule has 1 aromatic rings. The van der Waals surface area contributed by atoms with Gasteiger partial charge in [-0.05, 0) is 32.0 Å². The van der Waals surface area contributed by atoms with E-state index in [1.165, 1.54) is 12.8 Å². The fraction of sp³-hybridized carbons (Fsp3) is 0.800. The Morgan fingerprint density at radius 1 is 1.44 bits per heavy atom. The van der Waals surface area contributed by atoms with Gasteiger partial charge in [-0.25, -0.2) is 5.10 Å². The number of anilines is 1. The minimum absolute atomic E-state index is 0.384. The molecule has 2 bridgehead atoms. The molecular formula is C10H16N4OS. The SMILES string of the molecule is CCn1c(N2CC3CCC(C2)O3)n[nH]c1=S. The van der Waals surface area contributed by atoms with E-state index in [0.717, 1.165) is 25.6 Å². The number of hydrogen-bond acceptors (Lipinski definition) is 4. The van der Waals surface area contributed by atoms with Crippen LogP contribution < -0.4 is 4.90 Å². The van der Waals surface area contributed by atoms with Gasteiger partial charge in [-0.1, -0.05) is 0 Å². The van der Waals surface area contributed by atoms with Crippen LogP contribution >= 0.6 is 12.2 Å². The van der Waals surface area contributed by atoms with E-state index in [2.05, 4.69) is 22.0 Å². The average molecular weight is 240 g/mol. The van der Waals surface area contributed by atoms with Gasteiger partial charge in [0.15, 0.2) is 4.77 Å². The van der Waals surface area contributed by atoms with Crippen LogP contribution in [0.25, 0.3) is 0 Å². The predicted molar refractivity (Wildman–Crippen MR) is 63.2 cm³/mol. The lowest BCUT2D eigenvalue weighted by molar-refractivity contribution is 0.0297. The van der Waals surface area contributed by atoms with Crippen LogP contribution in [0.2, 0.25) is 0 Å². The van der Waals surface area contributed by atoms with E-state index < -0.39 is 0 Å². The molecule has 0 aromatic carbocycles. The van der Waals surface area contributed by atoms with Crippen molar-refractivity contribution >= 4 is 18.2 Å². The number of H-pyrrole nitrogens is 1. The number of ether oxygens (including phenoxy) is 1. The van der Waals surface area contributed by atoms with Crippen LogP contribution in [0.4, 0.5) is 5.95 Å².